The molecule has 0 spiro atoms. The maximum atomic E-state index is 10.8. The Morgan fingerprint density at radius 1 is 0.619 bits per heavy atom. The standard InChI is InChI=1S/C10H16N2O8.Na/c11-9(1-5(13)14,2-6(15)16)10(12,3-7(17)18)4-8(19)20;/h1-4,11-12H2,(H,13,14)(H,15,16)(H,17,18)(H,19,20);/q;+1. The molecule has 21 heavy (non-hydrogen) atoms. The first kappa shape index (κ1) is 22.1. The van der Waals surface area contributed by atoms with Gasteiger partial charge in [0.1, 0.15) is 0 Å². The third-order valence-electron chi connectivity index (χ3n) is 2.86. The summed E-state index contributed by atoms with van der Waals surface area (Å²) < 4.78 is 0. The molecule has 0 rings (SSSR count). The van der Waals surface area contributed by atoms with Gasteiger partial charge in [0, 0.05) is 0 Å². The van der Waals surface area contributed by atoms with Crippen molar-refractivity contribution in [2.75, 3.05) is 0 Å². The normalized spacial score (nSPS) is 11.3. The van der Waals surface area contributed by atoms with Crippen molar-refractivity contribution >= 4 is 23.9 Å². The average molecular weight is 315 g/mol. The van der Waals surface area contributed by atoms with E-state index in [1.165, 1.54) is 0 Å². The molecule has 11 heteroatoms. The van der Waals surface area contributed by atoms with Crippen LogP contribution in [0.5, 0.6) is 0 Å². The molecule has 0 aromatic heterocycles. The summed E-state index contributed by atoms with van der Waals surface area (Å²) in [5, 5.41) is 35.1. The fourth-order valence-corrected chi connectivity index (χ4v) is 1.91. The first-order valence-electron chi connectivity index (χ1n) is 5.37. The molecule has 0 heterocycles. The van der Waals surface area contributed by atoms with E-state index in [1.54, 1.807) is 0 Å². The molecule has 0 radical (unpaired) electrons. The van der Waals surface area contributed by atoms with Gasteiger partial charge in [-0.3, -0.25) is 19.2 Å². The summed E-state index contributed by atoms with van der Waals surface area (Å²) in [4.78, 5) is 43.2. The van der Waals surface area contributed by atoms with Crippen molar-refractivity contribution in [3.05, 3.63) is 0 Å². The number of hydrogen-bond donors (Lipinski definition) is 6. The topological polar surface area (TPSA) is 201 Å². The Morgan fingerprint density at radius 3 is 0.857 bits per heavy atom. The minimum Gasteiger partial charge on any atom is -0.481 e. The molecular weight excluding hydrogens is 299 g/mol. The predicted molar refractivity (Wildman–Crippen MR) is 62.8 cm³/mol. The molecule has 8 N–H and O–H groups in total. The van der Waals surface area contributed by atoms with Crippen LogP contribution in [0.1, 0.15) is 25.7 Å². The third kappa shape index (κ3) is 6.87. The average Bonchev–Trinajstić information content (AvgIpc) is 2.10. The van der Waals surface area contributed by atoms with Crippen LogP contribution >= 0.6 is 0 Å². The van der Waals surface area contributed by atoms with E-state index in [2.05, 4.69) is 0 Å². The van der Waals surface area contributed by atoms with Crippen molar-refractivity contribution < 1.29 is 69.2 Å². The summed E-state index contributed by atoms with van der Waals surface area (Å²) in [6, 6.07) is 0. The van der Waals surface area contributed by atoms with Crippen molar-refractivity contribution in [3.8, 4) is 0 Å². The van der Waals surface area contributed by atoms with Crippen LogP contribution in [-0.4, -0.2) is 55.4 Å². The Hall–Kier alpha value is -1.20. The van der Waals surface area contributed by atoms with Gasteiger partial charge in [0.2, 0.25) is 0 Å². The van der Waals surface area contributed by atoms with Gasteiger partial charge < -0.3 is 31.9 Å². The zero-order valence-electron chi connectivity index (χ0n) is 11.4. The van der Waals surface area contributed by atoms with Crippen LogP contribution in [-0.2, 0) is 19.2 Å². The van der Waals surface area contributed by atoms with Crippen molar-refractivity contribution in [3.63, 3.8) is 0 Å². The molecule has 0 aliphatic rings. The van der Waals surface area contributed by atoms with Crippen molar-refractivity contribution in [1.29, 1.82) is 0 Å². The summed E-state index contributed by atoms with van der Waals surface area (Å²) in [6.45, 7) is 0. The SMILES string of the molecule is NC(CC(=O)O)(CC(=O)O)C(N)(CC(=O)O)CC(=O)O.[Na+]. The van der Waals surface area contributed by atoms with Gasteiger partial charge in [0.25, 0.3) is 0 Å². The largest absolute Gasteiger partial charge is 1.00 e. The van der Waals surface area contributed by atoms with E-state index in [-0.39, 0.29) is 29.6 Å². The molecule has 0 saturated carbocycles. The van der Waals surface area contributed by atoms with E-state index in [0.717, 1.165) is 0 Å². The number of carboxylic acid groups (broad SMARTS) is 4. The van der Waals surface area contributed by atoms with Gasteiger partial charge in [-0.2, -0.15) is 0 Å². The van der Waals surface area contributed by atoms with Gasteiger partial charge in [-0.1, -0.05) is 0 Å². The maximum absolute atomic E-state index is 10.8. The van der Waals surface area contributed by atoms with Gasteiger partial charge >= 0.3 is 53.4 Å². The Morgan fingerprint density at radius 2 is 0.762 bits per heavy atom. The summed E-state index contributed by atoms with van der Waals surface area (Å²) in [5.74, 6) is -6.06. The zero-order chi connectivity index (χ0) is 16.1. The first-order chi connectivity index (χ1) is 8.92. The molecule has 114 valence electrons. The number of hydrogen-bond acceptors (Lipinski definition) is 6. The molecule has 10 nitrogen and oxygen atoms in total. The van der Waals surface area contributed by atoms with Gasteiger partial charge in [-0.25, -0.2) is 0 Å². The van der Waals surface area contributed by atoms with E-state index in [9.17, 15) is 19.2 Å². The zero-order valence-corrected chi connectivity index (χ0v) is 13.4. The Labute approximate surface area is 141 Å². The van der Waals surface area contributed by atoms with Crippen LogP contribution in [0, 0.1) is 0 Å². The van der Waals surface area contributed by atoms with E-state index in [1.807, 2.05) is 0 Å². The molecule has 0 atom stereocenters. The second-order valence-electron chi connectivity index (χ2n) is 4.59. The Kier molecular flexibility index (Phi) is 8.72. The Balaban J connectivity index is 0. The smallest absolute Gasteiger partial charge is 0.481 e. The Bertz CT molecular complexity index is 367. The van der Waals surface area contributed by atoms with Crippen LogP contribution in [0.3, 0.4) is 0 Å². The molecule has 0 fully saturated rings. The molecule has 0 aliphatic heterocycles. The quantitative estimate of drug-likeness (QED) is 0.224. The van der Waals surface area contributed by atoms with Gasteiger partial charge in [-0.05, 0) is 0 Å². The van der Waals surface area contributed by atoms with Crippen LogP contribution in [0.25, 0.3) is 0 Å². The van der Waals surface area contributed by atoms with Gasteiger partial charge in [-0.15, -0.1) is 0 Å². The number of aliphatic carboxylic acids is 4. The third-order valence-corrected chi connectivity index (χ3v) is 2.86. The number of carboxylic acids is 4. The van der Waals surface area contributed by atoms with Crippen molar-refractivity contribution in [2.24, 2.45) is 11.5 Å². The van der Waals surface area contributed by atoms with E-state index in [0.29, 0.717) is 0 Å². The van der Waals surface area contributed by atoms with Crippen LogP contribution in [0.15, 0.2) is 0 Å². The minimum absolute atomic E-state index is 0. The van der Waals surface area contributed by atoms with Gasteiger partial charge in [0.15, 0.2) is 0 Å². The van der Waals surface area contributed by atoms with Crippen LogP contribution in [0.2, 0.25) is 0 Å². The van der Waals surface area contributed by atoms with E-state index >= 15 is 0 Å². The molecular formula is C10H16N2NaO8+. The van der Waals surface area contributed by atoms with Crippen LogP contribution in [0.4, 0.5) is 0 Å². The molecule has 0 aromatic carbocycles. The molecule has 0 aliphatic carbocycles. The van der Waals surface area contributed by atoms with Gasteiger partial charge in [0.05, 0.1) is 36.8 Å². The second-order valence-corrected chi connectivity index (χ2v) is 4.59. The second kappa shape index (κ2) is 8.29. The summed E-state index contributed by atoms with van der Waals surface area (Å²) >= 11 is 0. The molecule has 0 bridgehead atoms. The van der Waals surface area contributed by atoms with Crippen LogP contribution < -0.4 is 41.0 Å². The first-order valence-corrected chi connectivity index (χ1v) is 5.37. The number of carbonyl (C=O) groups is 4. The molecule has 0 amide bonds. The molecule has 0 aromatic rings. The fourth-order valence-electron chi connectivity index (χ4n) is 1.91. The van der Waals surface area contributed by atoms with E-state index < -0.39 is 60.6 Å². The molecule has 0 unspecified atom stereocenters. The predicted octanol–water partition coefficient (Wildman–Crippen LogP) is -4.72. The molecule has 0 saturated heterocycles. The fraction of sp³-hybridized carbons (Fsp3) is 0.600. The monoisotopic (exact) mass is 315 g/mol. The number of rotatable bonds is 9. The van der Waals surface area contributed by atoms with E-state index in [4.69, 9.17) is 31.9 Å². The number of nitrogens with two attached hydrogens (primary N) is 2. The maximum Gasteiger partial charge on any atom is 1.00 e. The minimum atomic E-state index is -2.22. The van der Waals surface area contributed by atoms with Crippen molar-refractivity contribution in [2.45, 2.75) is 36.8 Å². The summed E-state index contributed by atoms with van der Waals surface area (Å²) in [7, 11) is 0. The van der Waals surface area contributed by atoms with Crippen molar-refractivity contribution in [1.82, 2.24) is 0 Å². The summed E-state index contributed by atoms with van der Waals surface area (Å²) in [6.07, 6.45) is -3.90. The summed E-state index contributed by atoms with van der Waals surface area (Å²) in [5.41, 5.74) is 6.88.